The summed E-state index contributed by atoms with van der Waals surface area (Å²) in [6.45, 7) is 5.56. The van der Waals surface area contributed by atoms with Crippen molar-refractivity contribution >= 4 is 33.2 Å². The molecule has 3 rings (SSSR count). The maximum absolute atomic E-state index is 13.0. The Labute approximate surface area is 205 Å². The van der Waals surface area contributed by atoms with Crippen molar-refractivity contribution in [2.24, 2.45) is 5.92 Å². The Morgan fingerprint density at radius 3 is 2.14 bits per heavy atom. The summed E-state index contributed by atoms with van der Waals surface area (Å²) in [5.41, 5.74) is 2.14. The average molecular weight is 496 g/mol. The highest BCUT2D eigenvalue weighted by atomic mass is 32.2. The predicted molar refractivity (Wildman–Crippen MR) is 136 cm³/mol. The molecule has 3 aromatic rings. The molecule has 0 aromatic heterocycles. The van der Waals surface area contributed by atoms with E-state index in [2.05, 4.69) is 15.4 Å². The summed E-state index contributed by atoms with van der Waals surface area (Å²) in [6, 6.07) is 18.6. The second-order valence-electron chi connectivity index (χ2n) is 8.41. The molecule has 0 heterocycles. The van der Waals surface area contributed by atoms with Gasteiger partial charge in [0.1, 0.15) is 11.8 Å². The highest BCUT2D eigenvalue weighted by molar-refractivity contribution is 7.92. The number of amides is 2. The molecule has 0 saturated carbocycles. The van der Waals surface area contributed by atoms with E-state index in [1.165, 1.54) is 25.3 Å². The number of benzene rings is 3. The van der Waals surface area contributed by atoms with Crippen LogP contribution in [0.5, 0.6) is 5.75 Å². The second kappa shape index (κ2) is 11.1. The lowest BCUT2D eigenvalue weighted by Gasteiger charge is -2.22. The molecular formula is C26H29N3O5S. The number of rotatable bonds is 9. The lowest BCUT2D eigenvalue weighted by atomic mass is 10.0. The molecule has 0 aliphatic carbocycles. The van der Waals surface area contributed by atoms with E-state index in [0.717, 1.165) is 5.56 Å². The van der Waals surface area contributed by atoms with Crippen molar-refractivity contribution in [3.8, 4) is 5.75 Å². The number of carbonyl (C=O) groups is 2. The van der Waals surface area contributed by atoms with Crippen LogP contribution < -0.4 is 20.1 Å². The molecule has 8 nitrogen and oxygen atoms in total. The molecule has 0 saturated heterocycles. The monoisotopic (exact) mass is 495 g/mol. The summed E-state index contributed by atoms with van der Waals surface area (Å²) in [5, 5.41) is 5.49. The van der Waals surface area contributed by atoms with Crippen molar-refractivity contribution < 1.29 is 22.7 Å². The molecule has 3 aromatic carbocycles. The van der Waals surface area contributed by atoms with Crippen LogP contribution in [0, 0.1) is 12.8 Å². The molecule has 0 fully saturated rings. The maximum atomic E-state index is 13.0. The molecule has 0 aliphatic rings. The average Bonchev–Trinajstić information content (AvgIpc) is 2.83. The highest BCUT2D eigenvalue weighted by Gasteiger charge is 2.25. The van der Waals surface area contributed by atoms with Crippen LogP contribution in [0.2, 0.25) is 0 Å². The Morgan fingerprint density at radius 1 is 0.886 bits per heavy atom. The van der Waals surface area contributed by atoms with Crippen molar-refractivity contribution in [3.63, 3.8) is 0 Å². The normalized spacial score (nSPS) is 12.0. The van der Waals surface area contributed by atoms with E-state index in [0.29, 0.717) is 22.7 Å². The van der Waals surface area contributed by atoms with E-state index < -0.39 is 22.0 Å². The van der Waals surface area contributed by atoms with Crippen LogP contribution >= 0.6 is 0 Å². The maximum Gasteiger partial charge on any atom is 0.261 e. The fourth-order valence-electron chi connectivity index (χ4n) is 3.30. The van der Waals surface area contributed by atoms with Crippen molar-refractivity contribution in [2.45, 2.75) is 31.7 Å². The summed E-state index contributed by atoms with van der Waals surface area (Å²) in [5.74, 6) is -0.406. The molecule has 0 bridgehead atoms. The fraction of sp³-hybridized carbons (Fsp3) is 0.231. The number of methoxy groups -OCH3 is 1. The largest absolute Gasteiger partial charge is 0.497 e. The van der Waals surface area contributed by atoms with E-state index in [4.69, 9.17) is 4.74 Å². The zero-order chi connectivity index (χ0) is 25.6. The quantitative estimate of drug-likeness (QED) is 0.412. The zero-order valence-electron chi connectivity index (χ0n) is 20.0. The highest BCUT2D eigenvalue weighted by Crippen LogP contribution is 2.22. The molecule has 184 valence electrons. The lowest BCUT2D eigenvalue weighted by Crippen LogP contribution is -2.47. The minimum atomic E-state index is -3.90. The minimum Gasteiger partial charge on any atom is -0.497 e. The first-order valence-electron chi connectivity index (χ1n) is 11.0. The van der Waals surface area contributed by atoms with Gasteiger partial charge in [0.2, 0.25) is 5.91 Å². The van der Waals surface area contributed by atoms with Gasteiger partial charge in [0.05, 0.1) is 12.0 Å². The first-order valence-corrected chi connectivity index (χ1v) is 12.5. The van der Waals surface area contributed by atoms with Crippen LogP contribution in [0.3, 0.4) is 0 Å². The Morgan fingerprint density at radius 2 is 1.54 bits per heavy atom. The second-order valence-corrected chi connectivity index (χ2v) is 10.1. The Balaban J connectivity index is 1.73. The van der Waals surface area contributed by atoms with E-state index in [-0.39, 0.29) is 16.7 Å². The van der Waals surface area contributed by atoms with Crippen LogP contribution in [-0.2, 0) is 14.8 Å². The molecule has 9 heteroatoms. The van der Waals surface area contributed by atoms with E-state index in [1.807, 2.05) is 32.9 Å². The third-order valence-electron chi connectivity index (χ3n) is 5.30. The summed E-state index contributed by atoms with van der Waals surface area (Å²) >= 11 is 0. The molecule has 3 N–H and O–H groups in total. The first-order chi connectivity index (χ1) is 16.6. The van der Waals surface area contributed by atoms with Gasteiger partial charge in [-0.25, -0.2) is 8.42 Å². The Kier molecular flexibility index (Phi) is 8.14. The lowest BCUT2D eigenvalue weighted by molar-refractivity contribution is -0.118. The summed E-state index contributed by atoms with van der Waals surface area (Å²) in [4.78, 5) is 25.6. The van der Waals surface area contributed by atoms with Crippen molar-refractivity contribution in [1.29, 1.82) is 0 Å². The summed E-state index contributed by atoms with van der Waals surface area (Å²) in [7, 11) is -2.37. The van der Waals surface area contributed by atoms with E-state index in [9.17, 15) is 18.0 Å². The van der Waals surface area contributed by atoms with Gasteiger partial charge < -0.3 is 15.4 Å². The first kappa shape index (κ1) is 25.8. The van der Waals surface area contributed by atoms with Crippen LogP contribution in [0.15, 0.2) is 77.7 Å². The standard InChI is InChI=1S/C26H29N3O5S/c1-17(2)24(28-25(30)19-10-8-18(3)9-11-19)26(31)27-21-6-5-7-23(16-21)35(32,33)29-20-12-14-22(34-4)15-13-20/h5-17,24,29H,1-4H3,(H,27,31)(H,28,30)/t24-/m0/s1. The van der Waals surface area contributed by atoms with Gasteiger partial charge in [-0.1, -0.05) is 37.6 Å². The molecule has 1 atom stereocenters. The van der Waals surface area contributed by atoms with Gasteiger partial charge in [0.25, 0.3) is 15.9 Å². The zero-order valence-corrected chi connectivity index (χ0v) is 20.8. The number of anilines is 2. The van der Waals surface area contributed by atoms with Gasteiger partial charge in [-0.15, -0.1) is 0 Å². The Hall–Kier alpha value is -3.85. The number of sulfonamides is 1. The molecule has 0 unspecified atom stereocenters. The molecule has 35 heavy (non-hydrogen) atoms. The number of hydrogen-bond donors (Lipinski definition) is 3. The SMILES string of the molecule is COc1ccc(NS(=O)(=O)c2cccc(NC(=O)[C@@H](NC(=O)c3ccc(C)cc3)C(C)C)c2)cc1. The van der Waals surface area contributed by atoms with Gasteiger partial charge in [0, 0.05) is 16.9 Å². The summed E-state index contributed by atoms with van der Waals surface area (Å²) < 4.78 is 33.3. The number of carbonyl (C=O) groups excluding carboxylic acids is 2. The molecule has 0 spiro atoms. The third-order valence-corrected chi connectivity index (χ3v) is 6.68. The van der Waals surface area contributed by atoms with E-state index in [1.54, 1.807) is 42.5 Å². The van der Waals surface area contributed by atoms with Gasteiger partial charge in [-0.2, -0.15) is 0 Å². The van der Waals surface area contributed by atoms with Gasteiger partial charge in [0.15, 0.2) is 0 Å². The van der Waals surface area contributed by atoms with Gasteiger partial charge in [-0.3, -0.25) is 14.3 Å². The number of hydrogen-bond acceptors (Lipinski definition) is 5. The van der Waals surface area contributed by atoms with Crippen LogP contribution in [0.25, 0.3) is 0 Å². The van der Waals surface area contributed by atoms with Crippen LogP contribution in [-0.4, -0.2) is 33.4 Å². The molecule has 0 radical (unpaired) electrons. The summed E-state index contributed by atoms with van der Waals surface area (Å²) in [6.07, 6.45) is 0. The molecule has 0 aliphatic heterocycles. The molecular weight excluding hydrogens is 466 g/mol. The predicted octanol–water partition coefficient (Wildman–Crippen LogP) is 4.20. The Bertz CT molecular complexity index is 1290. The van der Waals surface area contributed by atoms with Crippen LogP contribution in [0.1, 0.15) is 29.8 Å². The smallest absolute Gasteiger partial charge is 0.261 e. The fourth-order valence-corrected chi connectivity index (χ4v) is 4.40. The minimum absolute atomic E-state index is 0.0177. The number of ether oxygens (including phenoxy) is 1. The van der Waals surface area contributed by atoms with Crippen molar-refractivity contribution in [3.05, 3.63) is 83.9 Å². The van der Waals surface area contributed by atoms with Gasteiger partial charge >= 0.3 is 0 Å². The van der Waals surface area contributed by atoms with Crippen LogP contribution in [0.4, 0.5) is 11.4 Å². The van der Waals surface area contributed by atoms with E-state index >= 15 is 0 Å². The third kappa shape index (κ3) is 6.83. The number of nitrogens with one attached hydrogen (secondary N) is 3. The molecule has 2 amide bonds. The van der Waals surface area contributed by atoms with Gasteiger partial charge in [-0.05, 0) is 67.4 Å². The topological polar surface area (TPSA) is 114 Å². The number of aryl methyl sites for hydroxylation is 1. The van der Waals surface area contributed by atoms with Crippen molar-refractivity contribution in [1.82, 2.24) is 5.32 Å². The van der Waals surface area contributed by atoms with Crippen molar-refractivity contribution in [2.75, 3.05) is 17.1 Å².